The molecule has 432 valence electrons. The van der Waals surface area contributed by atoms with Gasteiger partial charge >= 0.3 is 13.3 Å². The summed E-state index contributed by atoms with van der Waals surface area (Å²) in [5.41, 5.74) is 4.20. The molecule has 1 unspecified atom stereocenters. The highest BCUT2D eigenvalue weighted by molar-refractivity contribution is 7.52. The molecule has 4 aliphatic rings. The molecule has 1 saturated heterocycles. The van der Waals surface area contributed by atoms with E-state index in [1.165, 1.54) is 15.9 Å². The summed E-state index contributed by atoms with van der Waals surface area (Å²) < 4.78 is 40.8. The number of nitrogens with zero attached hydrogens (tertiary/aromatic N) is 3. The molecule has 5 atom stereocenters. The lowest BCUT2D eigenvalue weighted by Gasteiger charge is -2.29. The summed E-state index contributed by atoms with van der Waals surface area (Å²) in [5.74, 6) is 0.930. The van der Waals surface area contributed by atoms with Crippen LogP contribution in [0, 0.1) is 11.8 Å². The number of anilines is 1. The van der Waals surface area contributed by atoms with Gasteiger partial charge in [-0.25, -0.2) is 0 Å². The van der Waals surface area contributed by atoms with Crippen LogP contribution in [0.15, 0.2) is 97.2 Å². The van der Waals surface area contributed by atoms with E-state index in [-0.39, 0.29) is 86.3 Å². The number of unbranched alkanes of at least 4 members (excludes halogenated alkanes) is 5. The number of para-hydroxylation sites is 1. The van der Waals surface area contributed by atoms with Crippen LogP contribution in [-0.2, 0) is 63.2 Å². The van der Waals surface area contributed by atoms with Gasteiger partial charge in [0, 0.05) is 67.0 Å². The van der Waals surface area contributed by atoms with Crippen molar-refractivity contribution < 1.29 is 66.3 Å². The van der Waals surface area contributed by atoms with Crippen molar-refractivity contribution in [2.24, 2.45) is 5.73 Å². The normalized spacial score (nSPS) is 18.2. The van der Waals surface area contributed by atoms with E-state index in [0.717, 1.165) is 55.6 Å². The Morgan fingerprint density at radius 1 is 0.855 bits per heavy atom. The van der Waals surface area contributed by atoms with Gasteiger partial charge in [-0.1, -0.05) is 91.8 Å². The second kappa shape index (κ2) is 25.2. The lowest BCUT2D eigenvalue weighted by molar-refractivity contribution is -0.137. The monoisotopic (exact) mass is 1160 g/mol. The van der Waals surface area contributed by atoms with E-state index < -0.39 is 90.4 Å². The number of imide groups is 1. The van der Waals surface area contributed by atoms with E-state index in [2.05, 4.69) is 43.4 Å². The summed E-state index contributed by atoms with van der Waals surface area (Å²) >= 11 is 0. The third kappa shape index (κ3) is 13.2. The molecule has 0 aliphatic carbocycles. The number of alkyl halides is 2. The third-order valence-electron chi connectivity index (χ3n) is 15.2. The van der Waals surface area contributed by atoms with Crippen LogP contribution in [-0.4, -0.2) is 104 Å². The molecule has 9 N–H and O–H groups in total. The maximum absolute atomic E-state index is 14.6. The van der Waals surface area contributed by atoms with E-state index in [1.807, 2.05) is 6.07 Å². The van der Waals surface area contributed by atoms with Crippen LogP contribution < -0.4 is 37.2 Å². The number of nitrogens with two attached hydrogens (primary N) is 1. The Hall–Kier alpha value is -8.71. The van der Waals surface area contributed by atoms with Gasteiger partial charge in [-0.15, -0.1) is 0 Å². The number of nitrogens with one attached hydrogen (secondary N) is 5. The van der Waals surface area contributed by atoms with Crippen molar-refractivity contribution in [1.29, 1.82) is 0 Å². The molecule has 5 heterocycles. The Kier molecular flexibility index (Phi) is 17.9. The molecule has 4 aliphatic heterocycles. The summed E-state index contributed by atoms with van der Waals surface area (Å²) in [6, 6.07) is 17.2. The number of rotatable bonds is 21. The summed E-state index contributed by atoms with van der Waals surface area (Å²) in [6.07, 6.45) is 5.90. The highest BCUT2D eigenvalue weighted by atomic mass is 31.2. The predicted molar refractivity (Wildman–Crippen MR) is 296 cm³/mol. The van der Waals surface area contributed by atoms with Gasteiger partial charge in [0.25, 0.3) is 11.8 Å². The number of piperidine rings is 1. The number of carbonyl (C=O) groups excluding carboxylic acids is 9. The van der Waals surface area contributed by atoms with Crippen LogP contribution >= 0.6 is 7.60 Å². The number of aromatic nitrogens is 1. The first-order chi connectivity index (χ1) is 39.7. The van der Waals surface area contributed by atoms with Gasteiger partial charge in [0.15, 0.2) is 0 Å². The Labute approximate surface area is 475 Å². The fourth-order valence-corrected chi connectivity index (χ4v) is 11.4. The van der Waals surface area contributed by atoms with Gasteiger partial charge in [0.2, 0.25) is 41.4 Å². The Balaban J connectivity index is 0.797. The Morgan fingerprint density at radius 3 is 2.36 bits per heavy atom. The lowest BCUT2D eigenvalue weighted by atomic mass is 10.0. The number of benzene rings is 4. The van der Waals surface area contributed by atoms with Crippen molar-refractivity contribution in [3.8, 4) is 11.8 Å². The average molecular weight is 1160 g/mol. The van der Waals surface area contributed by atoms with Crippen LogP contribution in [0.3, 0.4) is 0 Å². The molecule has 0 radical (unpaired) electrons. The number of aryl methyl sites for hydroxylation is 1. The van der Waals surface area contributed by atoms with Crippen molar-refractivity contribution in [2.75, 3.05) is 11.4 Å². The summed E-state index contributed by atoms with van der Waals surface area (Å²) in [5, 5.41) is 13.3. The lowest BCUT2D eigenvalue weighted by Crippen LogP contribution is -2.57. The summed E-state index contributed by atoms with van der Waals surface area (Å²) in [7, 11) is -5.91. The molecule has 21 nitrogen and oxygen atoms in total. The fraction of sp³-hybridized carbons (Fsp3) is 0.356. The topological polar surface area (TPSA) is 317 Å². The molecule has 5 aromatic rings. The largest absolute Gasteiger partial charge is 0.399 e. The molecular formula is C59H60F2N9O12P. The van der Waals surface area contributed by atoms with Crippen molar-refractivity contribution in [3.05, 3.63) is 142 Å². The molecule has 83 heavy (non-hydrogen) atoms. The first-order valence-electron chi connectivity index (χ1n) is 27.3. The first kappa shape index (κ1) is 58.9. The van der Waals surface area contributed by atoms with E-state index in [0.29, 0.717) is 46.3 Å². The molecule has 0 saturated carbocycles. The predicted octanol–water partition coefficient (Wildman–Crippen LogP) is 4.34. The van der Waals surface area contributed by atoms with Gasteiger partial charge in [-0.2, -0.15) is 8.78 Å². The van der Waals surface area contributed by atoms with Crippen molar-refractivity contribution in [1.82, 2.24) is 36.5 Å². The summed E-state index contributed by atoms with van der Waals surface area (Å²) in [4.78, 5) is 146. The number of halogens is 2. The number of hydrogen-bond acceptors (Lipinski definition) is 11. The van der Waals surface area contributed by atoms with Gasteiger partial charge in [0.05, 0.1) is 16.8 Å². The second-order valence-electron chi connectivity index (χ2n) is 20.9. The van der Waals surface area contributed by atoms with E-state index >= 15 is 0 Å². The fourth-order valence-electron chi connectivity index (χ4n) is 10.9. The molecule has 9 amide bonds. The zero-order valence-electron chi connectivity index (χ0n) is 44.8. The van der Waals surface area contributed by atoms with Gasteiger partial charge in [-0.3, -0.25) is 62.9 Å². The number of fused-ring (bicyclic) bond motifs is 2. The van der Waals surface area contributed by atoms with Crippen molar-refractivity contribution in [2.45, 2.75) is 126 Å². The number of pyridine rings is 1. The number of hydrogen-bond donors (Lipinski definition) is 8. The van der Waals surface area contributed by atoms with Crippen molar-refractivity contribution >= 4 is 77.4 Å². The van der Waals surface area contributed by atoms with Gasteiger partial charge in [-0.05, 0) is 91.1 Å². The van der Waals surface area contributed by atoms with Crippen molar-refractivity contribution in [3.63, 3.8) is 0 Å². The first-order valence-corrected chi connectivity index (χ1v) is 28.9. The second-order valence-corrected chi connectivity index (χ2v) is 22.5. The minimum atomic E-state index is -5.91. The molecule has 1 fully saturated rings. The molecule has 9 rings (SSSR count). The van der Waals surface area contributed by atoms with E-state index in [9.17, 15) is 66.3 Å². The number of carbonyl (C=O) groups is 9. The van der Waals surface area contributed by atoms with E-state index in [1.54, 1.807) is 60.7 Å². The minimum Gasteiger partial charge on any atom is -0.370 e. The molecule has 4 aromatic carbocycles. The Bertz CT molecular complexity index is 3550. The van der Waals surface area contributed by atoms with E-state index in [4.69, 9.17) is 5.73 Å². The maximum Gasteiger partial charge on any atom is 0.399 e. The minimum absolute atomic E-state index is 0.0146. The highest BCUT2D eigenvalue weighted by Gasteiger charge is 2.51. The smallest absolute Gasteiger partial charge is 0.370 e. The van der Waals surface area contributed by atoms with Gasteiger partial charge in [0.1, 0.15) is 30.2 Å². The van der Waals surface area contributed by atoms with Gasteiger partial charge < -0.3 is 41.7 Å². The zero-order valence-corrected chi connectivity index (χ0v) is 45.7. The number of amides is 9. The molecular weight excluding hydrogens is 1100 g/mol. The maximum atomic E-state index is 14.6. The number of primary amides is 1. The SMILES string of the molecule is NC(=O)CC[C@H](NC(=O)[C@@H]1Cc2cccc3c2N1C(=O)[C@@H](NC(=O)c1cnc2ccc(C(F)(F)P(=O)(O)O)cc2c1)CC3)C(=O)N[C@H](C(=O)NCCCCCCCC#Cc1cccc2c1CN(C1CCC(=O)NC1=O)C2=O)c1ccccc1. The molecule has 24 heteroatoms. The van der Waals surface area contributed by atoms with Crippen LogP contribution in [0.4, 0.5) is 14.5 Å². The Morgan fingerprint density at radius 2 is 1.60 bits per heavy atom. The van der Waals surface area contributed by atoms with Crippen LogP contribution in [0.25, 0.3) is 10.9 Å². The van der Waals surface area contributed by atoms with Crippen LogP contribution in [0.1, 0.15) is 131 Å². The standard InChI is InChI=1S/C59H60F2N9O12P/c60-59(61,83(80,81)82)40-21-23-43-38(30-40)29-39(32-64-43)52(73)66-45-22-20-36-17-11-18-37-31-47(70(51(36)37)58(45)79)55(76)65-44(24-26-48(62)71)53(74)68-50(35-14-8-6-9-15-35)56(77)63-28-10-5-3-1-2-4-7-13-34-16-12-19-41-42(34)33-69(57(41)78)46-25-27-49(72)67-54(46)75/h6,8-9,11-12,14-19,21,23,29-30,32,44-47,50H,1-5,10,20,22,24-28,31,33H2,(H2,62,71)(H,63,77)(H,65,76)(H,66,73)(H,68,74)(H,67,72,75)(H2,80,81,82)/t44-,45-,46?,47-,50-/m0/s1. The highest BCUT2D eigenvalue weighted by Crippen LogP contribution is 2.59. The molecule has 1 aromatic heterocycles. The third-order valence-corrected chi connectivity index (χ3v) is 16.2. The quantitative estimate of drug-likeness (QED) is 0.0220. The molecule has 0 bridgehead atoms. The van der Waals surface area contributed by atoms with Crippen LogP contribution in [0.5, 0.6) is 0 Å². The zero-order chi connectivity index (χ0) is 59.2. The summed E-state index contributed by atoms with van der Waals surface area (Å²) in [6.45, 7) is 0.520. The van der Waals surface area contributed by atoms with Crippen LogP contribution in [0.2, 0.25) is 0 Å². The molecule has 0 spiro atoms. The average Bonchev–Trinajstić information content (AvgIpc) is 4.13.